The Morgan fingerprint density at radius 1 is 0.824 bits per heavy atom. The molecule has 0 aromatic carbocycles. The third-order valence-electron chi connectivity index (χ3n) is 2.46. The summed E-state index contributed by atoms with van der Waals surface area (Å²) in [7, 11) is 0. The van der Waals surface area contributed by atoms with E-state index in [0.717, 1.165) is 0 Å². The number of hydrogen-bond donors (Lipinski definition) is 0. The van der Waals surface area contributed by atoms with Crippen LogP contribution in [0.1, 0.15) is 41.5 Å². The normalized spacial score (nSPS) is 17.8. The third kappa shape index (κ3) is 7.40. The first-order valence-electron chi connectivity index (χ1n) is 5.74. The van der Waals surface area contributed by atoms with Gasteiger partial charge in [-0.1, -0.05) is 0 Å². The molecule has 0 N–H and O–H groups in total. The fourth-order valence-electron chi connectivity index (χ4n) is 1.28. The zero-order valence-corrected chi connectivity index (χ0v) is 13.1. The minimum absolute atomic E-state index is 0.0838. The van der Waals surface area contributed by atoms with Gasteiger partial charge < -0.3 is 0 Å². The molecule has 0 aliphatic heterocycles. The Morgan fingerprint density at radius 3 is 1.35 bits per heavy atom. The SMILES string of the molecule is CC(=O)OC(C)C(C)[Se]C(C)C(C)OC(C)=O. The van der Waals surface area contributed by atoms with E-state index >= 15 is 0 Å². The van der Waals surface area contributed by atoms with Crippen LogP contribution in [0.3, 0.4) is 0 Å². The van der Waals surface area contributed by atoms with Crippen molar-refractivity contribution in [3.63, 3.8) is 0 Å². The van der Waals surface area contributed by atoms with Gasteiger partial charge >= 0.3 is 109 Å². The second kappa shape index (κ2) is 7.72. The van der Waals surface area contributed by atoms with Crippen LogP contribution in [-0.4, -0.2) is 39.1 Å². The summed E-state index contributed by atoms with van der Waals surface area (Å²) in [6.07, 6.45) is -0.168. The molecule has 0 saturated carbocycles. The van der Waals surface area contributed by atoms with E-state index < -0.39 is 0 Å². The summed E-state index contributed by atoms with van der Waals surface area (Å²) in [4.78, 5) is 22.3. The second-order valence-electron chi connectivity index (χ2n) is 4.18. The van der Waals surface area contributed by atoms with E-state index in [-0.39, 0.29) is 39.1 Å². The topological polar surface area (TPSA) is 52.6 Å². The van der Waals surface area contributed by atoms with E-state index in [1.165, 1.54) is 13.8 Å². The molecule has 0 aromatic rings. The summed E-state index contributed by atoms with van der Waals surface area (Å²) in [6, 6.07) is 0. The third-order valence-corrected chi connectivity index (χ3v) is 5.86. The van der Waals surface area contributed by atoms with Gasteiger partial charge in [-0.2, -0.15) is 0 Å². The van der Waals surface area contributed by atoms with Crippen molar-refractivity contribution in [3.05, 3.63) is 0 Å². The van der Waals surface area contributed by atoms with Crippen LogP contribution in [0.25, 0.3) is 0 Å². The van der Waals surface area contributed by atoms with Crippen LogP contribution >= 0.6 is 0 Å². The molecule has 0 aliphatic rings. The number of rotatable bonds is 6. The van der Waals surface area contributed by atoms with Crippen molar-refractivity contribution in [2.24, 2.45) is 0 Å². The quantitative estimate of drug-likeness (QED) is 0.557. The molecule has 4 atom stereocenters. The van der Waals surface area contributed by atoms with Crippen molar-refractivity contribution in [2.45, 2.75) is 63.4 Å². The van der Waals surface area contributed by atoms with Crippen LogP contribution in [0.2, 0.25) is 9.63 Å². The molecular weight excluding hydrogens is 287 g/mol. The predicted molar refractivity (Wildman–Crippen MR) is 67.1 cm³/mol. The summed E-state index contributed by atoms with van der Waals surface area (Å²) in [5.74, 6) is -0.498. The van der Waals surface area contributed by atoms with Gasteiger partial charge in [-0.3, -0.25) is 0 Å². The molecule has 0 spiro atoms. The second-order valence-corrected chi connectivity index (χ2v) is 7.87. The molecule has 0 radical (unpaired) electrons. The maximum absolute atomic E-state index is 10.8. The first-order valence-corrected chi connectivity index (χ1v) is 7.71. The summed E-state index contributed by atoms with van der Waals surface area (Å²) in [5.41, 5.74) is 0. The molecule has 0 fully saturated rings. The van der Waals surface area contributed by atoms with Gasteiger partial charge in [0.15, 0.2) is 0 Å². The van der Waals surface area contributed by atoms with Gasteiger partial charge in [0.25, 0.3) is 0 Å². The van der Waals surface area contributed by atoms with Crippen LogP contribution < -0.4 is 0 Å². The molecule has 4 unspecified atom stereocenters. The first kappa shape index (κ1) is 16.5. The van der Waals surface area contributed by atoms with E-state index in [4.69, 9.17) is 9.47 Å². The van der Waals surface area contributed by atoms with E-state index in [2.05, 4.69) is 13.8 Å². The number of ether oxygens (including phenoxy) is 2. The van der Waals surface area contributed by atoms with E-state index in [0.29, 0.717) is 9.63 Å². The Kier molecular flexibility index (Phi) is 7.48. The van der Waals surface area contributed by atoms with Gasteiger partial charge in [0.05, 0.1) is 0 Å². The molecule has 0 rings (SSSR count). The molecule has 0 aromatic heterocycles. The summed E-state index contributed by atoms with van der Waals surface area (Å²) < 4.78 is 10.3. The van der Waals surface area contributed by atoms with Gasteiger partial charge in [-0.05, 0) is 0 Å². The molecule has 4 nitrogen and oxygen atoms in total. The van der Waals surface area contributed by atoms with Crippen molar-refractivity contribution in [3.8, 4) is 0 Å². The fourth-order valence-corrected chi connectivity index (χ4v) is 3.86. The molecule has 0 amide bonds. The fraction of sp³-hybridized carbons (Fsp3) is 0.833. The Balaban J connectivity index is 4.13. The van der Waals surface area contributed by atoms with E-state index in [1.54, 1.807) is 0 Å². The molecule has 0 heterocycles. The average Bonchev–Trinajstić information content (AvgIpc) is 2.15. The Hall–Kier alpha value is -0.541. The van der Waals surface area contributed by atoms with Crippen LogP contribution in [-0.2, 0) is 19.1 Å². The first-order chi connectivity index (χ1) is 7.73. The Labute approximate surface area is 110 Å². The summed E-state index contributed by atoms with van der Waals surface area (Å²) in [6.45, 7) is 10.8. The molecule has 100 valence electrons. The Morgan fingerprint density at radius 2 is 1.12 bits per heavy atom. The molecule has 17 heavy (non-hydrogen) atoms. The van der Waals surface area contributed by atoms with Crippen molar-refractivity contribution in [1.29, 1.82) is 0 Å². The van der Waals surface area contributed by atoms with Gasteiger partial charge in [0.2, 0.25) is 0 Å². The van der Waals surface area contributed by atoms with Crippen molar-refractivity contribution in [1.82, 2.24) is 0 Å². The van der Waals surface area contributed by atoms with Gasteiger partial charge in [-0.15, -0.1) is 0 Å². The molecule has 0 aliphatic carbocycles. The van der Waals surface area contributed by atoms with Gasteiger partial charge in [0, 0.05) is 0 Å². The Bertz CT molecular complexity index is 241. The number of esters is 2. The average molecular weight is 309 g/mol. The summed E-state index contributed by atoms with van der Waals surface area (Å²) in [5, 5.41) is 0. The number of hydrogen-bond acceptors (Lipinski definition) is 4. The zero-order chi connectivity index (χ0) is 13.6. The molecule has 0 saturated heterocycles. The summed E-state index contributed by atoms with van der Waals surface area (Å²) >= 11 is 0.254. The van der Waals surface area contributed by atoms with Crippen LogP contribution in [0, 0.1) is 0 Å². The zero-order valence-electron chi connectivity index (χ0n) is 11.4. The van der Waals surface area contributed by atoms with Gasteiger partial charge in [0.1, 0.15) is 0 Å². The van der Waals surface area contributed by atoms with Crippen molar-refractivity contribution < 1.29 is 19.1 Å². The number of carbonyl (C=O) groups is 2. The van der Waals surface area contributed by atoms with Crippen LogP contribution in [0.15, 0.2) is 0 Å². The van der Waals surface area contributed by atoms with Crippen LogP contribution in [0.4, 0.5) is 0 Å². The monoisotopic (exact) mass is 310 g/mol. The van der Waals surface area contributed by atoms with Crippen molar-refractivity contribution in [2.75, 3.05) is 0 Å². The molecule has 5 heteroatoms. The molecule has 0 bridgehead atoms. The standard InChI is InChI=1S/C12H22O4Se/c1-7(15-11(5)13)9(3)17-10(4)8(2)16-12(6)14/h7-10H,1-6H3. The van der Waals surface area contributed by atoms with E-state index in [9.17, 15) is 9.59 Å². The number of carbonyl (C=O) groups excluding carboxylic acids is 2. The van der Waals surface area contributed by atoms with Crippen LogP contribution in [0.5, 0.6) is 0 Å². The minimum atomic E-state index is -0.249. The predicted octanol–water partition coefficient (Wildman–Crippen LogP) is 2.21. The van der Waals surface area contributed by atoms with Gasteiger partial charge in [-0.25, -0.2) is 0 Å². The maximum atomic E-state index is 10.8. The molecular formula is C12H22O4Se. The van der Waals surface area contributed by atoms with E-state index in [1.807, 2.05) is 13.8 Å². The van der Waals surface area contributed by atoms with Crippen molar-refractivity contribution >= 4 is 26.9 Å².